The fourth-order valence-electron chi connectivity index (χ4n) is 2.39. The monoisotopic (exact) mass is 327 g/mol. The van der Waals surface area contributed by atoms with E-state index in [9.17, 15) is 13.2 Å². The summed E-state index contributed by atoms with van der Waals surface area (Å²) in [5.41, 5.74) is 1.10. The van der Waals surface area contributed by atoms with Crippen molar-refractivity contribution >= 4 is 15.9 Å². The fourth-order valence-corrected chi connectivity index (χ4v) is 3.63. The Bertz CT molecular complexity index is 608. The molecule has 122 valence electrons. The average Bonchev–Trinajstić information content (AvgIpc) is 2.48. The zero-order valence-corrected chi connectivity index (χ0v) is 13.4. The van der Waals surface area contributed by atoms with E-state index in [2.05, 4.69) is 4.72 Å². The molecule has 1 aliphatic heterocycles. The third-order valence-electron chi connectivity index (χ3n) is 3.43. The Hall–Kier alpha value is -1.44. The third kappa shape index (κ3) is 5.08. The van der Waals surface area contributed by atoms with E-state index >= 15 is 0 Å². The van der Waals surface area contributed by atoms with Crippen molar-refractivity contribution in [3.05, 3.63) is 35.4 Å². The Morgan fingerprint density at radius 3 is 2.91 bits per heavy atom. The SMILES string of the molecule is COCc1cccc(C(=O)NS(=O)(=O)C[C@H]2CCCCO2)c1. The van der Waals surface area contributed by atoms with Crippen LogP contribution in [0.2, 0.25) is 0 Å². The number of hydrogen-bond donors (Lipinski definition) is 1. The molecule has 1 saturated heterocycles. The lowest BCUT2D eigenvalue weighted by Crippen LogP contribution is -2.38. The van der Waals surface area contributed by atoms with Gasteiger partial charge in [-0.25, -0.2) is 13.1 Å². The lowest BCUT2D eigenvalue weighted by molar-refractivity contribution is 0.0304. The van der Waals surface area contributed by atoms with Crippen LogP contribution in [0.4, 0.5) is 0 Å². The molecular formula is C15H21NO5S. The Balaban J connectivity index is 1.99. The van der Waals surface area contributed by atoms with Gasteiger partial charge in [-0.1, -0.05) is 12.1 Å². The summed E-state index contributed by atoms with van der Waals surface area (Å²) in [6.07, 6.45) is 2.28. The van der Waals surface area contributed by atoms with Gasteiger partial charge in [-0.05, 0) is 37.0 Å². The first-order valence-electron chi connectivity index (χ1n) is 7.24. The van der Waals surface area contributed by atoms with Crippen LogP contribution in [0, 0.1) is 0 Å². The molecule has 1 heterocycles. The van der Waals surface area contributed by atoms with Crippen LogP contribution in [0.5, 0.6) is 0 Å². The zero-order chi connectivity index (χ0) is 16.0. The second-order valence-electron chi connectivity index (χ2n) is 5.33. The molecule has 22 heavy (non-hydrogen) atoms. The van der Waals surface area contributed by atoms with E-state index < -0.39 is 15.9 Å². The molecule has 1 amide bonds. The lowest BCUT2D eigenvalue weighted by atomic mass is 10.1. The van der Waals surface area contributed by atoms with Gasteiger partial charge in [-0.2, -0.15) is 0 Å². The molecule has 1 fully saturated rings. The van der Waals surface area contributed by atoms with E-state index in [1.807, 2.05) is 6.07 Å². The van der Waals surface area contributed by atoms with Crippen molar-refractivity contribution in [1.82, 2.24) is 4.72 Å². The summed E-state index contributed by atoms with van der Waals surface area (Å²) in [4.78, 5) is 12.1. The summed E-state index contributed by atoms with van der Waals surface area (Å²) >= 11 is 0. The first-order valence-corrected chi connectivity index (χ1v) is 8.90. The van der Waals surface area contributed by atoms with Crippen LogP contribution < -0.4 is 4.72 Å². The summed E-state index contributed by atoms with van der Waals surface area (Å²) in [6.45, 7) is 0.941. The summed E-state index contributed by atoms with van der Waals surface area (Å²) in [6, 6.07) is 6.69. The smallest absolute Gasteiger partial charge is 0.264 e. The molecule has 1 aliphatic rings. The molecule has 1 aromatic rings. The minimum atomic E-state index is -3.71. The third-order valence-corrected chi connectivity index (χ3v) is 4.73. The predicted octanol–water partition coefficient (Wildman–Crippen LogP) is 1.46. The number of ether oxygens (including phenoxy) is 2. The molecule has 1 atom stereocenters. The summed E-state index contributed by atoms with van der Waals surface area (Å²) in [7, 11) is -2.15. The Labute approximate surface area is 130 Å². The van der Waals surface area contributed by atoms with Crippen LogP contribution in [-0.2, 0) is 26.1 Å². The van der Waals surface area contributed by atoms with E-state index in [1.165, 1.54) is 0 Å². The number of hydrogen-bond acceptors (Lipinski definition) is 5. The molecule has 2 rings (SSSR count). The molecule has 0 aliphatic carbocycles. The normalized spacial score (nSPS) is 18.9. The maximum Gasteiger partial charge on any atom is 0.264 e. The van der Waals surface area contributed by atoms with Gasteiger partial charge < -0.3 is 9.47 Å². The number of carbonyl (C=O) groups excluding carboxylic acids is 1. The molecule has 0 radical (unpaired) electrons. The molecule has 6 nitrogen and oxygen atoms in total. The van der Waals surface area contributed by atoms with Crippen molar-refractivity contribution in [1.29, 1.82) is 0 Å². The van der Waals surface area contributed by atoms with Crippen LogP contribution in [0.15, 0.2) is 24.3 Å². The zero-order valence-electron chi connectivity index (χ0n) is 12.6. The quantitative estimate of drug-likeness (QED) is 0.855. The molecule has 0 spiro atoms. The number of carbonyl (C=O) groups is 1. The van der Waals surface area contributed by atoms with Gasteiger partial charge in [0.15, 0.2) is 0 Å². The van der Waals surface area contributed by atoms with Gasteiger partial charge >= 0.3 is 0 Å². The van der Waals surface area contributed by atoms with Crippen LogP contribution in [0.1, 0.15) is 35.2 Å². The summed E-state index contributed by atoms with van der Waals surface area (Å²) in [5.74, 6) is -0.815. The first-order chi connectivity index (χ1) is 10.5. The molecular weight excluding hydrogens is 306 g/mol. The first kappa shape index (κ1) is 16.9. The highest BCUT2D eigenvalue weighted by Crippen LogP contribution is 2.14. The van der Waals surface area contributed by atoms with E-state index in [4.69, 9.17) is 9.47 Å². The Kier molecular flexibility index (Phi) is 5.93. The topological polar surface area (TPSA) is 81.7 Å². The number of rotatable bonds is 6. The number of nitrogens with one attached hydrogen (secondary N) is 1. The van der Waals surface area contributed by atoms with Gasteiger partial charge in [-0.3, -0.25) is 4.79 Å². The van der Waals surface area contributed by atoms with Gasteiger partial charge in [-0.15, -0.1) is 0 Å². The van der Waals surface area contributed by atoms with E-state index in [0.29, 0.717) is 25.2 Å². The highest BCUT2D eigenvalue weighted by Gasteiger charge is 2.24. The van der Waals surface area contributed by atoms with E-state index in [0.717, 1.165) is 18.4 Å². The number of benzene rings is 1. The molecule has 0 bridgehead atoms. The van der Waals surface area contributed by atoms with Crippen molar-refractivity contribution < 1.29 is 22.7 Å². The summed E-state index contributed by atoms with van der Waals surface area (Å²) in [5, 5.41) is 0. The van der Waals surface area contributed by atoms with E-state index in [-0.39, 0.29) is 11.9 Å². The highest BCUT2D eigenvalue weighted by molar-refractivity contribution is 7.90. The minimum Gasteiger partial charge on any atom is -0.380 e. The van der Waals surface area contributed by atoms with Gasteiger partial charge in [0.2, 0.25) is 10.0 Å². The standard InChI is InChI=1S/C15H21NO5S/c1-20-10-12-5-4-6-13(9-12)15(17)16-22(18,19)11-14-7-2-3-8-21-14/h4-6,9,14H,2-3,7-8,10-11H2,1H3,(H,16,17)/t14-/m1/s1. The maximum atomic E-state index is 12.1. The molecule has 1 N–H and O–H groups in total. The van der Waals surface area contributed by atoms with Crippen molar-refractivity contribution in [2.24, 2.45) is 0 Å². The second kappa shape index (κ2) is 7.71. The minimum absolute atomic E-state index is 0.184. The molecule has 0 saturated carbocycles. The van der Waals surface area contributed by atoms with Crippen molar-refractivity contribution in [2.75, 3.05) is 19.5 Å². The van der Waals surface area contributed by atoms with Crippen molar-refractivity contribution in [3.63, 3.8) is 0 Å². The lowest BCUT2D eigenvalue weighted by Gasteiger charge is -2.22. The van der Waals surface area contributed by atoms with Gasteiger partial charge in [0.05, 0.1) is 18.5 Å². The van der Waals surface area contributed by atoms with Gasteiger partial charge in [0, 0.05) is 19.3 Å². The molecule has 7 heteroatoms. The van der Waals surface area contributed by atoms with Crippen molar-refractivity contribution in [3.8, 4) is 0 Å². The van der Waals surface area contributed by atoms with E-state index in [1.54, 1.807) is 25.3 Å². The predicted molar refractivity (Wildman–Crippen MR) is 82.0 cm³/mol. The number of methoxy groups -OCH3 is 1. The van der Waals surface area contributed by atoms with Crippen LogP contribution in [0.3, 0.4) is 0 Å². The fraction of sp³-hybridized carbons (Fsp3) is 0.533. The molecule has 1 aromatic carbocycles. The summed E-state index contributed by atoms with van der Waals surface area (Å²) < 4.78 is 36.6. The van der Waals surface area contributed by atoms with Gasteiger partial charge in [0.1, 0.15) is 0 Å². The highest BCUT2D eigenvalue weighted by atomic mass is 32.2. The number of amides is 1. The van der Waals surface area contributed by atoms with Crippen LogP contribution in [0.25, 0.3) is 0 Å². The largest absolute Gasteiger partial charge is 0.380 e. The Morgan fingerprint density at radius 2 is 2.23 bits per heavy atom. The van der Waals surface area contributed by atoms with Crippen molar-refractivity contribution in [2.45, 2.75) is 32.0 Å². The second-order valence-corrected chi connectivity index (χ2v) is 7.10. The van der Waals surface area contributed by atoms with Gasteiger partial charge in [0.25, 0.3) is 5.91 Å². The van der Waals surface area contributed by atoms with Crippen LogP contribution in [-0.4, -0.2) is 39.9 Å². The molecule has 0 aromatic heterocycles. The maximum absolute atomic E-state index is 12.1. The average molecular weight is 327 g/mol. The number of sulfonamides is 1. The molecule has 0 unspecified atom stereocenters. The van der Waals surface area contributed by atoms with Crippen LogP contribution >= 0.6 is 0 Å². The Morgan fingerprint density at radius 1 is 1.41 bits per heavy atom.